The molecule has 0 saturated carbocycles. The number of aryl methyl sites for hydroxylation is 1. The van der Waals surface area contributed by atoms with E-state index in [1.54, 1.807) is 11.3 Å². The second-order valence-electron chi connectivity index (χ2n) is 10.6. The fourth-order valence-corrected chi connectivity index (χ4v) is 6.86. The molecular formula is C29H33N3O5S. The van der Waals surface area contributed by atoms with Crippen LogP contribution in [0.4, 0.5) is 0 Å². The summed E-state index contributed by atoms with van der Waals surface area (Å²) in [5.74, 6) is -3.15. The maximum absolute atomic E-state index is 13.6. The second-order valence-corrected chi connectivity index (χ2v) is 11.7. The number of carboxylic acids is 1. The van der Waals surface area contributed by atoms with Gasteiger partial charge in [0, 0.05) is 40.5 Å². The van der Waals surface area contributed by atoms with Crippen LogP contribution in [0.5, 0.6) is 0 Å². The van der Waals surface area contributed by atoms with E-state index in [1.165, 1.54) is 0 Å². The number of aromatic nitrogens is 1. The average molecular weight is 536 g/mol. The zero-order valence-corrected chi connectivity index (χ0v) is 22.4. The predicted molar refractivity (Wildman–Crippen MR) is 145 cm³/mol. The predicted octanol–water partition coefficient (Wildman–Crippen LogP) is 3.66. The summed E-state index contributed by atoms with van der Waals surface area (Å²) in [5.41, 5.74) is 1.86. The Kier molecular flexibility index (Phi) is 7.38. The van der Waals surface area contributed by atoms with Crippen LogP contribution in [0, 0.1) is 11.8 Å². The molecule has 3 N–H and O–H groups in total. The van der Waals surface area contributed by atoms with Gasteiger partial charge >= 0.3 is 5.97 Å². The van der Waals surface area contributed by atoms with Crippen LogP contribution >= 0.6 is 11.3 Å². The number of carboxylic acid groups (broad SMARTS) is 1. The van der Waals surface area contributed by atoms with Gasteiger partial charge in [-0.3, -0.25) is 19.2 Å². The molecule has 5 atom stereocenters. The highest BCUT2D eigenvalue weighted by Gasteiger charge is 2.43. The number of aliphatic carboxylic acids is 1. The molecule has 5 rings (SSSR count). The smallest absolute Gasteiger partial charge is 0.308 e. The number of amides is 2. The van der Waals surface area contributed by atoms with Crippen LogP contribution in [0.2, 0.25) is 0 Å². The quantitative estimate of drug-likeness (QED) is 0.407. The summed E-state index contributed by atoms with van der Waals surface area (Å²) < 4.78 is 2.99. The first-order valence-electron chi connectivity index (χ1n) is 13.3. The molecule has 3 unspecified atom stereocenters. The highest BCUT2D eigenvalue weighted by Crippen LogP contribution is 2.38. The third-order valence-electron chi connectivity index (χ3n) is 8.03. The number of fused-ring (bicyclic) bond motifs is 1. The van der Waals surface area contributed by atoms with Crippen molar-refractivity contribution < 1.29 is 24.3 Å². The number of rotatable bonds is 8. The first-order valence-corrected chi connectivity index (χ1v) is 14.1. The summed E-state index contributed by atoms with van der Waals surface area (Å²) in [6, 6.07) is 10.8. The van der Waals surface area contributed by atoms with Gasteiger partial charge in [-0.2, -0.15) is 0 Å². The zero-order valence-electron chi connectivity index (χ0n) is 21.6. The number of hydrogen-bond donors (Lipinski definition) is 3. The van der Waals surface area contributed by atoms with Crippen molar-refractivity contribution in [1.29, 1.82) is 0 Å². The molecule has 3 aromatic rings. The lowest BCUT2D eigenvalue weighted by molar-refractivity contribution is -0.144. The molecule has 1 aliphatic carbocycles. The van der Waals surface area contributed by atoms with E-state index in [0.717, 1.165) is 26.2 Å². The topological polar surface area (TPSA) is 118 Å². The number of benzene rings is 1. The largest absolute Gasteiger partial charge is 0.481 e. The summed E-state index contributed by atoms with van der Waals surface area (Å²) in [7, 11) is 0. The van der Waals surface area contributed by atoms with E-state index in [-0.39, 0.29) is 42.9 Å². The van der Waals surface area contributed by atoms with Gasteiger partial charge in [0.25, 0.3) is 0 Å². The minimum absolute atomic E-state index is 0.0613. The Morgan fingerprint density at radius 3 is 2.74 bits per heavy atom. The van der Waals surface area contributed by atoms with Gasteiger partial charge < -0.3 is 20.3 Å². The van der Waals surface area contributed by atoms with Crippen LogP contribution in [0.15, 0.2) is 42.6 Å². The number of Topliss-reactive ketones (excluding diaryl/α,β-unsaturated/α-hetero) is 1. The number of carbonyl (C=O) groups excluding carboxylic acids is 3. The Balaban J connectivity index is 1.32. The van der Waals surface area contributed by atoms with E-state index in [1.807, 2.05) is 61.0 Å². The maximum atomic E-state index is 13.6. The van der Waals surface area contributed by atoms with E-state index >= 15 is 0 Å². The third kappa shape index (κ3) is 5.12. The van der Waals surface area contributed by atoms with Crippen LogP contribution in [0.1, 0.15) is 55.2 Å². The second kappa shape index (κ2) is 10.7. The number of nitrogens with one attached hydrogen (secondary N) is 2. The van der Waals surface area contributed by atoms with E-state index in [0.29, 0.717) is 19.3 Å². The lowest BCUT2D eigenvalue weighted by atomic mass is 9.79. The summed E-state index contributed by atoms with van der Waals surface area (Å²) in [6.45, 7) is 4.16. The van der Waals surface area contributed by atoms with Crippen molar-refractivity contribution in [3.8, 4) is 0 Å². The first-order chi connectivity index (χ1) is 18.2. The SMILES string of the molecule is CCC(C)C(NC(=O)Cc1cc2ccccc2s1)C(=O)N[C@H]1CCc2ccn3c2C1C(=O)C[C@H](C(=O)O)C3. The average Bonchev–Trinajstić information content (AvgIpc) is 3.45. The van der Waals surface area contributed by atoms with Crippen molar-refractivity contribution in [1.82, 2.24) is 15.2 Å². The van der Waals surface area contributed by atoms with Crippen LogP contribution in [-0.4, -0.2) is 45.3 Å². The summed E-state index contributed by atoms with van der Waals surface area (Å²) >= 11 is 1.57. The molecule has 0 spiro atoms. The van der Waals surface area contributed by atoms with Gasteiger partial charge in [-0.25, -0.2) is 0 Å². The van der Waals surface area contributed by atoms with Crippen LogP contribution in [0.25, 0.3) is 10.1 Å². The van der Waals surface area contributed by atoms with Crippen molar-refractivity contribution in [2.45, 2.75) is 70.5 Å². The fraction of sp³-hybridized carbons (Fsp3) is 0.448. The molecule has 200 valence electrons. The van der Waals surface area contributed by atoms with Crippen LogP contribution in [0.3, 0.4) is 0 Å². The number of ketones is 1. The van der Waals surface area contributed by atoms with Crippen LogP contribution in [-0.2, 0) is 38.6 Å². The minimum atomic E-state index is -0.988. The Morgan fingerprint density at radius 1 is 1.21 bits per heavy atom. The van der Waals surface area contributed by atoms with Crippen molar-refractivity contribution >= 4 is 45.0 Å². The van der Waals surface area contributed by atoms with Gasteiger partial charge in [0.15, 0.2) is 0 Å². The fourth-order valence-electron chi connectivity index (χ4n) is 5.80. The highest BCUT2D eigenvalue weighted by atomic mass is 32.1. The number of nitrogens with zero attached hydrogens (tertiary/aromatic N) is 1. The van der Waals surface area contributed by atoms with Crippen molar-refractivity contribution in [2.24, 2.45) is 11.8 Å². The molecule has 9 heteroatoms. The standard InChI is InChI=1S/C29H33N3O5S/c1-3-16(2)26(31-24(34)14-20-12-18-6-4-5-7-23(18)38-20)28(35)30-21-9-8-17-10-11-32-15-19(29(36)37)13-22(33)25(21)27(17)32/h4-7,10-12,16,19,21,25-26H,3,8-9,13-15H2,1-2H3,(H,30,35)(H,31,34)(H,36,37)/t16?,19-,21-,25?,26?/m0/s1. The molecule has 0 saturated heterocycles. The Morgan fingerprint density at radius 2 is 2.00 bits per heavy atom. The zero-order chi connectivity index (χ0) is 27.0. The molecule has 3 heterocycles. The summed E-state index contributed by atoms with van der Waals surface area (Å²) in [4.78, 5) is 52.6. The van der Waals surface area contributed by atoms with Crippen molar-refractivity contribution in [2.75, 3.05) is 0 Å². The van der Waals surface area contributed by atoms with E-state index in [4.69, 9.17) is 0 Å². The molecule has 2 aliphatic rings. The molecule has 0 fully saturated rings. The van der Waals surface area contributed by atoms with Gasteiger partial charge in [0.05, 0.1) is 18.3 Å². The van der Waals surface area contributed by atoms with Gasteiger partial charge in [-0.15, -0.1) is 11.3 Å². The minimum Gasteiger partial charge on any atom is -0.481 e. The number of hydrogen-bond acceptors (Lipinski definition) is 5. The third-order valence-corrected chi connectivity index (χ3v) is 9.14. The number of thiophene rings is 1. The number of carbonyl (C=O) groups is 4. The molecule has 2 aromatic heterocycles. The Labute approximate surface area is 225 Å². The molecular weight excluding hydrogens is 502 g/mol. The molecule has 8 nitrogen and oxygen atoms in total. The first kappa shape index (κ1) is 26.2. The molecule has 2 amide bonds. The Hall–Kier alpha value is -3.46. The van der Waals surface area contributed by atoms with Gasteiger partial charge in [-0.1, -0.05) is 38.5 Å². The monoisotopic (exact) mass is 535 g/mol. The Bertz CT molecular complexity index is 1360. The lowest BCUT2D eigenvalue weighted by Gasteiger charge is -2.34. The van der Waals surface area contributed by atoms with Gasteiger partial charge in [-0.05, 0) is 47.9 Å². The molecule has 1 aliphatic heterocycles. The van der Waals surface area contributed by atoms with E-state index < -0.39 is 29.9 Å². The molecule has 38 heavy (non-hydrogen) atoms. The van der Waals surface area contributed by atoms with Crippen LogP contribution < -0.4 is 10.6 Å². The van der Waals surface area contributed by atoms with Crippen molar-refractivity contribution in [3.05, 3.63) is 58.7 Å². The van der Waals surface area contributed by atoms with Gasteiger partial charge in [0.1, 0.15) is 11.8 Å². The van der Waals surface area contributed by atoms with E-state index in [2.05, 4.69) is 10.6 Å². The van der Waals surface area contributed by atoms with E-state index in [9.17, 15) is 24.3 Å². The van der Waals surface area contributed by atoms with Crippen molar-refractivity contribution in [3.63, 3.8) is 0 Å². The molecule has 1 aromatic carbocycles. The summed E-state index contributed by atoms with van der Waals surface area (Å²) in [6.07, 6.45) is 3.96. The maximum Gasteiger partial charge on any atom is 0.308 e. The lowest BCUT2D eigenvalue weighted by Crippen LogP contribution is -2.55. The highest BCUT2D eigenvalue weighted by molar-refractivity contribution is 7.19. The summed E-state index contributed by atoms with van der Waals surface area (Å²) in [5, 5.41) is 16.8. The van der Waals surface area contributed by atoms with Gasteiger partial charge in [0.2, 0.25) is 11.8 Å². The molecule has 0 bridgehead atoms. The normalized spacial score (nSPS) is 22.3. The molecule has 0 radical (unpaired) electrons.